The second kappa shape index (κ2) is 7.52. The van der Waals surface area contributed by atoms with Crippen molar-refractivity contribution in [1.82, 2.24) is 19.4 Å². The molecule has 0 spiro atoms. The van der Waals surface area contributed by atoms with Crippen molar-refractivity contribution >= 4 is 0 Å². The number of imidazole rings is 1. The summed E-state index contributed by atoms with van der Waals surface area (Å²) in [5.74, 6) is 4.13. The van der Waals surface area contributed by atoms with E-state index in [-0.39, 0.29) is 0 Å². The van der Waals surface area contributed by atoms with E-state index in [1.807, 2.05) is 24.4 Å². The largest absolute Gasteiger partial charge is 0.497 e. The number of hydrogen-bond donors (Lipinski definition) is 0. The number of likely N-dealkylation sites (tertiary alicyclic amines) is 1. The molecule has 1 fully saturated rings. The van der Waals surface area contributed by atoms with E-state index < -0.39 is 0 Å². The van der Waals surface area contributed by atoms with E-state index in [9.17, 15) is 0 Å². The fourth-order valence-electron chi connectivity index (χ4n) is 4.81. The van der Waals surface area contributed by atoms with Crippen molar-refractivity contribution in [2.75, 3.05) is 27.3 Å². The molecule has 2 aliphatic rings. The molecular weight excluding hydrogens is 364 g/mol. The maximum Gasteiger partial charge on any atom is 0.217 e. The van der Waals surface area contributed by atoms with Crippen LogP contribution in [-0.2, 0) is 19.5 Å². The second-order valence-corrected chi connectivity index (χ2v) is 7.99. The van der Waals surface area contributed by atoms with Gasteiger partial charge in [-0.1, -0.05) is 6.07 Å². The first-order valence-electron chi connectivity index (χ1n) is 10.1. The van der Waals surface area contributed by atoms with E-state index in [0.717, 1.165) is 49.8 Å². The summed E-state index contributed by atoms with van der Waals surface area (Å²) in [7, 11) is 3.39. The number of fused-ring (bicyclic) bond motifs is 2. The molecule has 29 heavy (non-hydrogen) atoms. The molecule has 4 heterocycles. The number of rotatable bonds is 5. The first kappa shape index (κ1) is 18.2. The van der Waals surface area contributed by atoms with Gasteiger partial charge in [0.05, 0.1) is 26.1 Å². The summed E-state index contributed by atoms with van der Waals surface area (Å²) in [6.45, 7) is 4.12. The molecule has 150 valence electrons. The molecule has 0 saturated carbocycles. The van der Waals surface area contributed by atoms with Crippen LogP contribution in [0.5, 0.6) is 11.6 Å². The molecule has 2 aliphatic heterocycles. The van der Waals surface area contributed by atoms with Crippen molar-refractivity contribution in [1.29, 1.82) is 0 Å². The Morgan fingerprint density at radius 1 is 0.966 bits per heavy atom. The lowest BCUT2D eigenvalue weighted by Gasteiger charge is -2.27. The Morgan fingerprint density at radius 3 is 2.59 bits per heavy atom. The quantitative estimate of drug-likeness (QED) is 0.669. The van der Waals surface area contributed by atoms with Gasteiger partial charge in [0.2, 0.25) is 5.88 Å². The number of hydrogen-bond acceptors (Lipinski definition) is 5. The van der Waals surface area contributed by atoms with Gasteiger partial charge in [0, 0.05) is 49.9 Å². The Balaban J connectivity index is 1.33. The highest BCUT2D eigenvalue weighted by Gasteiger charge is 2.38. The Bertz CT molecular complexity index is 998. The average molecular weight is 390 g/mol. The molecule has 2 aromatic heterocycles. The van der Waals surface area contributed by atoms with Crippen molar-refractivity contribution in [3.63, 3.8) is 0 Å². The van der Waals surface area contributed by atoms with Crippen LogP contribution in [0.25, 0.3) is 11.3 Å². The first-order chi connectivity index (χ1) is 14.2. The summed E-state index contributed by atoms with van der Waals surface area (Å²) >= 11 is 0. The Morgan fingerprint density at radius 2 is 1.79 bits per heavy atom. The van der Waals surface area contributed by atoms with E-state index in [2.05, 4.69) is 32.7 Å². The fraction of sp³-hybridized carbons (Fsp3) is 0.391. The third-order valence-corrected chi connectivity index (χ3v) is 6.28. The minimum absolute atomic E-state index is 0.649. The van der Waals surface area contributed by atoms with Gasteiger partial charge >= 0.3 is 0 Å². The SMILES string of the molecule is COc1ccc(-c2cnc3n2C[C@@H]2CN(Cc4cccnc4OC)C[C@H]2C3)cc1. The summed E-state index contributed by atoms with van der Waals surface area (Å²) in [5, 5.41) is 0. The zero-order chi connectivity index (χ0) is 19.8. The molecule has 3 aromatic rings. The van der Waals surface area contributed by atoms with Crippen LogP contribution in [0.1, 0.15) is 11.4 Å². The molecule has 5 rings (SSSR count). The van der Waals surface area contributed by atoms with Crippen LogP contribution < -0.4 is 9.47 Å². The lowest BCUT2D eigenvalue weighted by molar-refractivity contribution is 0.299. The van der Waals surface area contributed by atoms with Crippen LogP contribution in [0.2, 0.25) is 0 Å². The van der Waals surface area contributed by atoms with E-state index in [1.165, 1.54) is 17.1 Å². The lowest BCUT2D eigenvalue weighted by Crippen LogP contribution is -2.28. The number of aromatic nitrogens is 3. The minimum atomic E-state index is 0.649. The standard InChI is InChI=1S/C23H26N4O2/c1-28-20-7-5-16(6-8-20)21-11-25-22-10-18-13-26(14-19(18)15-27(21)22)12-17-4-3-9-24-23(17)29-2/h3-9,11,18-19H,10,12-15H2,1-2H3/t18-,19+/m1/s1. The first-order valence-corrected chi connectivity index (χ1v) is 10.1. The van der Waals surface area contributed by atoms with Crippen molar-refractivity contribution in [3.05, 3.63) is 60.2 Å². The predicted octanol–water partition coefficient (Wildman–Crippen LogP) is 3.27. The van der Waals surface area contributed by atoms with Gasteiger partial charge in [0.15, 0.2) is 0 Å². The van der Waals surface area contributed by atoms with Gasteiger partial charge in [-0.25, -0.2) is 9.97 Å². The monoisotopic (exact) mass is 390 g/mol. The van der Waals surface area contributed by atoms with Gasteiger partial charge in [-0.05, 0) is 42.2 Å². The van der Waals surface area contributed by atoms with Crippen molar-refractivity contribution in [2.24, 2.45) is 11.8 Å². The minimum Gasteiger partial charge on any atom is -0.497 e. The Labute approximate surface area is 171 Å². The van der Waals surface area contributed by atoms with Crippen LogP contribution in [-0.4, -0.2) is 46.7 Å². The predicted molar refractivity (Wildman–Crippen MR) is 111 cm³/mol. The molecule has 0 radical (unpaired) electrons. The van der Waals surface area contributed by atoms with Gasteiger partial charge in [-0.2, -0.15) is 0 Å². The lowest BCUT2D eigenvalue weighted by atomic mass is 9.89. The molecule has 2 atom stereocenters. The van der Waals surface area contributed by atoms with Crippen molar-refractivity contribution in [2.45, 2.75) is 19.5 Å². The average Bonchev–Trinajstić information content (AvgIpc) is 3.35. The molecule has 0 aliphatic carbocycles. The fourth-order valence-corrected chi connectivity index (χ4v) is 4.81. The van der Waals surface area contributed by atoms with E-state index in [4.69, 9.17) is 14.5 Å². The molecule has 0 unspecified atom stereocenters. The third-order valence-electron chi connectivity index (χ3n) is 6.28. The molecule has 6 nitrogen and oxygen atoms in total. The van der Waals surface area contributed by atoms with Crippen LogP contribution >= 0.6 is 0 Å². The van der Waals surface area contributed by atoms with Gasteiger partial charge < -0.3 is 14.0 Å². The van der Waals surface area contributed by atoms with Gasteiger partial charge in [0.1, 0.15) is 11.6 Å². The summed E-state index contributed by atoms with van der Waals surface area (Å²) in [5.41, 5.74) is 3.55. The zero-order valence-corrected chi connectivity index (χ0v) is 16.9. The van der Waals surface area contributed by atoms with Crippen molar-refractivity contribution < 1.29 is 9.47 Å². The van der Waals surface area contributed by atoms with Crippen LogP contribution in [0, 0.1) is 11.8 Å². The van der Waals surface area contributed by atoms with Gasteiger partial charge in [0.25, 0.3) is 0 Å². The van der Waals surface area contributed by atoms with Gasteiger partial charge in [-0.3, -0.25) is 4.90 Å². The molecule has 6 heteroatoms. The molecule has 1 saturated heterocycles. The maximum atomic E-state index is 5.43. The smallest absolute Gasteiger partial charge is 0.217 e. The number of nitrogens with zero attached hydrogens (tertiary/aromatic N) is 4. The number of ether oxygens (including phenoxy) is 2. The Kier molecular flexibility index (Phi) is 4.72. The highest BCUT2D eigenvalue weighted by Crippen LogP contribution is 2.36. The van der Waals surface area contributed by atoms with Crippen LogP contribution in [0.4, 0.5) is 0 Å². The zero-order valence-electron chi connectivity index (χ0n) is 16.9. The molecule has 0 N–H and O–H groups in total. The molecule has 0 amide bonds. The summed E-state index contributed by atoms with van der Waals surface area (Å²) in [6, 6.07) is 12.4. The summed E-state index contributed by atoms with van der Waals surface area (Å²) in [4.78, 5) is 11.6. The summed E-state index contributed by atoms with van der Waals surface area (Å²) in [6.07, 6.45) is 4.85. The maximum absolute atomic E-state index is 5.43. The molecular formula is C23H26N4O2. The third kappa shape index (κ3) is 3.38. The van der Waals surface area contributed by atoms with Crippen LogP contribution in [0.15, 0.2) is 48.8 Å². The molecule has 1 aromatic carbocycles. The molecule has 0 bridgehead atoms. The number of benzene rings is 1. The number of methoxy groups -OCH3 is 2. The Hall–Kier alpha value is -2.86. The van der Waals surface area contributed by atoms with E-state index in [1.54, 1.807) is 20.4 Å². The van der Waals surface area contributed by atoms with Crippen LogP contribution in [0.3, 0.4) is 0 Å². The highest BCUT2D eigenvalue weighted by molar-refractivity contribution is 5.60. The topological polar surface area (TPSA) is 52.4 Å². The second-order valence-electron chi connectivity index (χ2n) is 7.99. The highest BCUT2D eigenvalue weighted by atomic mass is 16.5. The van der Waals surface area contributed by atoms with Gasteiger partial charge in [-0.15, -0.1) is 0 Å². The summed E-state index contributed by atoms with van der Waals surface area (Å²) < 4.78 is 13.1. The number of pyridine rings is 1. The van der Waals surface area contributed by atoms with E-state index in [0.29, 0.717) is 11.8 Å². The normalized spacial score (nSPS) is 20.9. The van der Waals surface area contributed by atoms with E-state index >= 15 is 0 Å². The van der Waals surface area contributed by atoms with Crippen molar-refractivity contribution in [3.8, 4) is 22.9 Å².